The van der Waals surface area contributed by atoms with Crippen LogP contribution in [0.3, 0.4) is 0 Å². The van der Waals surface area contributed by atoms with E-state index in [9.17, 15) is 0 Å². The average Bonchev–Trinajstić information content (AvgIpc) is 2.19. The van der Waals surface area contributed by atoms with E-state index in [-0.39, 0.29) is 0 Å². The van der Waals surface area contributed by atoms with Crippen molar-refractivity contribution in [3.8, 4) is 5.75 Å². The summed E-state index contributed by atoms with van der Waals surface area (Å²) in [4.78, 5) is 0. The monoisotopic (exact) mass is 186 g/mol. The van der Waals surface area contributed by atoms with Gasteiger partial charge in [0.1, 0.15) is 7.05 Å². The molecule has 1 heterocycles. The van der Waals surface area contributed by atoms with Gasteiger partial charge in [-0.25, -0.2) is 0 Å². The second kappa shape index (κ2) is 3.50. The molecular formula is C12H12NO+. The highest BCUT2D eigenvalue weighted by Crippen LogP contribution is 2.21. The van der Waals surface area contributed by atoms with Crippen LogP contribution >= 0.6 is 0 Å². The van der Waals surface area contributed by atoms with E-state index in [1.165, 1.54) is 6.26 Å². The van der Waals surface area contributed by atoms with Gasteiger partial charge in [0.25, 0.3) is 5.52 Å². The summed E-state index contributed by atoms with van der Waals surface area (Å²) < 4.78 is 7.38. The van der Waals surface area contributed by atoms with E-state index in [2.05, 4.69) is 18.7 Å². The zero-order chi connectivity index (χ0) is 9.97. The zero-order valence-electron chi connectivity index (χ0n) is 8.10. The molecule has 0 N–H and O–H groups in total. The van der Waals surface area contributed by atoms with E-state index >= 15 is 0 Å². The van der Waals surface area contributed by atoms with Crippen LogP contribution in [0.15, 0.2) is 49.4 Å². The second-order valence-corrected chi connectivity index (χ2v) is 3.10. The highest BCUT2D eigenvalue weighted by Gasteiger charge is 2.09. The lowest BCUT2D eigenvalue weighted by Gasteiger charge is -2.02. The minimum Gasteiger partial charge on any atom is -0.459 e. The molecule has 2 nitrogen and oxygen atoms in total. The normalized spacial score (nSPS) is 10.1. The number of para-hydroxylation sites is 1. The van der Waals surface area contributed by atoms with E-state index in [0.717, 1.165) is 16.7 Å². The van der Waals surface area contributed by atoms with Gasteiger partial charge in [-0.2, -0.15) is 4.57 Å². The maximum absolute atomic E-state index is 5.34. The summed E-state index contributed by atoms with van der Waals surface area (Å²) in [6.45, 7) is 3.56. The summed E-state index contributed by atoms with van der Waals surface area (Å²) in [5.41, 5.74) is 1.08. The van der Waals surface area contributed by atoms with Crippen molar-refractivity contribution in [2.45, 2.75) is 0 Å². The quantitative estimate of drug-likeness (QED) is 0.517. The molecule has 0 spiro atoms. The minimum atomic E-state index is 0.834. The van der Waals surface area contributed by atoms with Gasteiger partial charge in [-0.3, -0.25) is 0 Å². The molecule has 0 unspecified atom stereocenters. The van der Waals surface area contributed by atoms with Gasteiger partial charge >= 0.3 is 0 Å². The fraction of sp³-hybridized carbons (Fsp3) is 0.0833. The van der Waals surface area contributed by atoms with E-state index in [1.54, 1.807) is 0 Å². The van der Waals surface area contributed by atoms with Gasteiger partial charge in [-0.1, -0.05) is 12.6 Å². The molecule has 0 radical (unpaired) electrons. The minimum absolute atomic E-state index is 0.834. The lowest BCUT2D eigenvalue weighted by molar-refractivity contribution is -0.645. The molecule has 0 saturated heterocycles. The van der Waals surface area contributed by atoms with E-state index in [0.29, 0.717) is 0 Å². The predicted molar refractivity (Wildman–Crippen MR) is 55.9 cm³/mol. The average molecular weight is 186 g/mol. The summed E-state index contributed by atoms with van der Waals surface area (Å²) in [6.07, 6.45) is 3.44. The number of fused-ring (bicyclic) bond motifs is 1. The summed E-state index contributed by atoms with van der Waals surface area (Å²) in [6, 6.07) is 10.0. The predicted octanol–water partition coefficient (Wildman–Crippen LogP) is 2.19. The molecule has 0 aliphatic rings. The van der Waals surface area contributed by atoms with Crippen molar-refractivity contribution >= 4 is 10.9 Å². The van der Waals surface area contributed by atoms with Crippen LogP contribution in [-0.4, -0.2) is 0 Å². The lowest BCUT2D eigenvalue weighted by atomic mass is 10.2. The highest BCUT2D eigenvalue weighted by atomic mass is 16.5. The second-order valence-electron chi connectivity index (χ2n) is 3.10. The summed E-state index contributed by atoms with van der Waals surface area (Å²) in [5, 5.41) is 1.16. The van der Waals surface area contributed by atoms with Crippen LogP contribution in [0.1, 0.15) is 0 Å². The van der Waals surface area contributed by atoms with Crippen LogP contribution in [0.2, 0.25) is 0 Å². The largest absolute Gasteiger partial charge is 0.459 e. The molecule has 1 aromatic heterocycles. The van der Waals surface area contributed by atoms with Gasteiger partial charge in [0.05, 0.1) is 11.6 Å². The van der Waals surface area contributed by atoms with E-state index in [1.807, 2.05) is 36.0 Å². The van der Waals surface area contributed by atoms with Crippen molar-refractivity contribution in [1.29, 1.82) is 0 Å². The Hall–Kier alpha value is -1.83. The Kier molecular flexibility index (Phi) is 2.19. The maximum Gasteiger partial charge on any atom is 0.255 e. The molecule has 1 aromatic carbocycles. The summed E-state index contributed by atoms with van der Waals surface area (Å²) in [5.74, 6) is 0.834. The first-order valence-corrected chi connectivity index (χ1v) is 4.48. The van der Waals surface area contributed by atoms with Crippen molar-refractivity contribution in [3.63, 3.8) is 0 Å². The molecule has 2 rings (SSSR count). The first-order valence-electron chi connectivity index (χ1n) is 4.48. The molecule has 0 saturated carbocycles. The number of pyridine rings is 1. The van der Waals surface area contributed by atoms with Crippen molar-refractivity contribution in [2.75, 3.05) is 0 Å². The van der Waals surface area contributed by atoms with Crippen molar-refractivity contribution in [1.82, 2.24) is 0 Å². The van der Waals surface area contributed by atoms with Crippen LogP contribution in [0.5, 0.6) is 5.75 Å². The fourth-order valence-electron chi connectivity index (χ4n) is 1.59. The Morgan fingerprint density at radius 3 is 2.86 bits per heavy atom. The highest BCUT2D eigenvalue weighted by molar-refractivity contribution is 5.81. The Bertz CT molecular complexity index is 471. The molecule has 2 heteroatoms. The number of hydrogen-bond acceptors (Lipinski definition) is 1. The van der Waals surface area contributed by atoms with Crippen LogP contribution in [0.25, 0.3) is 10.9 Å². The van der Waals surface area contributed by atoms with E-state index in [4.69, 9.17) is 4.74 Å². The Morgan fingerprint density at radius 1 is 1.29 bits per heavy atom. The first-order chi connectivity index (χ1) is 6.83. The third-order valence-corrected chi connectivity index (χ3v) is 2.18. The molecule has 2 aromatic rings. The first kappa shape index (κ1) is 8.75. The van der Waals surface area contributed by atoms with E-state index < -0.39 is 0 Å². The SMILES string of the molecule is C=COc1cccc2ccc[n+](C)c12. The van der Waals surface area contributed by atoms with Gasteiger partial charge in [-0.05, 0) is 18.2 Å². The number of ether oxygens (including phenoxy) is 1. The molecule has 0 atom stereocenters. The Balaban J connectivity index is 2.77. The Labute approximate surface area is 83.1 Å². The lowest BCUT2D eigenvalue weighted by Crippen LogP contribution is -2.28. The molecule has 0 aliphatic carbocycles. The van der Waals surface area contributed by atoms with Gasteiger partial charge in [0, 0.05) is 6.07 Å². The number of benzene rings is 1. The molecule has 70 valence electrons. The number of aryl methyl sites for hydroxylation is 1. The van der Waals surface area contributed by atoms with Gasteiger partial charge in [0.15, 0.2) is 11.9 Å². The molecule has 0 bridgehead atoms. The van der Waals surface area contributed by atoms with Crippen molar-refractivity contribution < 1.29 is 9.30 Å². The fourth-order valence-corrected chi connectivity index (χ4v) is 1.59. The zero-order valence-corrected chi connectivity index (χ0v) is 8.10. The summed E-state index contributed by atoms with van der Waals surface area (Å²) >= 11 is 0. The van der Waals surface area contributed by atoms with Gasteiger partial charge < -0.3 is 4.74 Å². The number of nitrogens with zero attached hydrogens (tertiary/aromatic N) is 1. The van der Waals surface area contributed by atoms with Crippen LogP contribution < -0.4 is 9.30 Å². The maximum atomic E-state index is 5.34. The molecular weight excluding hydrogens is 174 g/mol. The van der Waals surface area contributed by atoms with Crippen LogP contribution in [0, 0.1) is 0 Å². The van der Waals surface area contributed by atoms with Crippen LogP contribution in [0.4, 0.5) is 0 Å². The summed E-state index contributed by atoms with van der Waals surface area (Å²) in [7, 11) is 2.00. The number of rotatable bonds is 2. The number of aromatic nitrogens is 1. The molecule has 0 amide bonds. The third-order valence-electron chi connectivity index (χ3n) is 2.18. The van der Waals surface area contributed by atoms with Crippen LogP contribution in [-0.2, 0) is 7.05 Å². The van der Waals surface area contributed by atoms with Gasteiger partial charge in [-0.15, -0.1) is 0 Å². The smallest absolute Gasteiger partial charge is 0.255 e. The number of hydrogen-bond donors (Lipinski definition) is 0. The van der Waals surface area contributed by atoms with Crippen molar-refractivity contribution in [2.24, 2.45) is 7.05 Å². The molecule has 14 heavy (non-hydrogen) atoms. The Morgan fingerprint density at radius 2 is 2.07 bits per heavy atom. The van der Waals surface area contributed by atoms with Gasteiger partial charge in [0.2, 0.25) is 0 Å². The molecule has 0 fully saturated rings. The van der Waals surface area contributed by atoms with Crippen molar-refractivity contribution in [3.05, 3.63) is 49.4 Å². The molecule has 0 aliphatic heterocycles. The topological polar surface area (TPSA) is 13.1 Å². The standard InChI is InChI=1S/C12H12NO/c1-3-14-11-8-4-6-10-7-5-9-13(2)12(10)11/h3-9H,1H2,2H3/q+1. The third kappa shape index (κ3) is 1.35.